The molecule has 2 saturated carbocycles. The Morgan fingerprint density at radius 2 is 1.79 bits per heavy atom. The molecule has 0 amide bonds. The maximum absolute atomic E-state index is 13.3. The van der Waals surface area contributed by atoms with Crippen LogP contribution in [0, 0.1) is 34.0 Å². The van der Waals surface area contributed by atoms with Gasteiger partial charge in [0, 0.05) is 5.92 Å². The van der Waals surface area contributed by atoms with Crippen molar-refractivity contribution in [1.82, 2.24) is 0 Å². The molecule has 3 aliphatic carbocycles. The van der Waals surface area contributed by atoms with Gasteiger partial charge in [-0.05, 0) is 80.1 Å². The lowest BCUT2D eigenvalue weighted by molar-refractivity contribution is -0.0770. The van der Waals surface area contributed by atoms with E-state index in [1.165, 1.54) is 19.3 Å². The van der Waals surface area contributed by atoms with Crippen LogP contribution >= 0.6 is 7.82 Å². The van der Waals surface area contributed by atoms with E-state index in [1.54, 1.807) is 0 Å². The van der Waals surface area contributed by atoms with Crippen LogP contribution in [0.4, 0.5) is 0 Å². The third-order valence-electron chi connectivity index (χ3n) is 8.12. The molecule has 1 unspecified atom stereocenters. The van der Waals surface area contributed by atoms with Gasteiger partial charge in [-0.2, -0.15) is 0 Å². The van der Waals surface area contributed by atoms with Gasteiger partial charge in [0.15, 0.2) is 0 Å². The SMILES string of the molecule is C=C[C@]1(C)CC[C@H]2[C@H](C1)C(OP(=O)(OCC)OCC)=CC1C(C)(C)CCC[C@@]12C. The zero-order valence-electron chi connectivity index (χ0n) is 19.3. The van der Waals surface area contributed by atoms with Crippen molar-refractivity contribution in [3.63, 3.8) is 0 Å². The van der Waals surface area contributed by atoms with Crippen LogP contribution in [0.15, 0.2) is 24.5 Å². The van der Waals surface area contributed by atoms with E-state index < -0.39 is 7.82 Å². The van der Waals surface area contributed by atoms with Gasteiger partial charge in [0.05, 0.1) is 13.2 Å². The molecule has 0 aromatic heterocycles. The lowest BCUT2D eigenvalue weighted by atomic mass is 9.45. The van der Waals surface area contributed by atoms with Crippen LogP contribution in [0.1, 0.15) is 80.1 Å². The summed E-state index contributed by atoms with van der Waals surface area (Å²) in [6.07, 6.45) is 11.5. The first-order valence-electron chi connectivity index (χ1n) is 11.5. The molecular weight excluding hydrogens is 383 g/mol. The zero-order chi connectivity index (χ0) is 21.5. The maximum atomic E-state index is 13.3. The lowest BCUT2D eigenvalue weighted by Gasteiger charge is -2.60. The summed E-state index contributed by atoms with van der Waals surface area (Å²) in [7, 11) is -3.61. The Balaban J connectivity index is 2.05. The van der Waals surface area contributed by atoms with Crippen LogP contribution in [-0.2, 0) is 18.1 Å². The fraction of sp³-hybridized carbons (Fsp3) is 0.833. The second kappa shape index (κ2) is 8.17. The summed E-state index contributed by atoms with van der Waals surface area (Å²) in [5, 5.41) is 0. The highest BCUT2D eigenvalue weighted by atomic mass is 31.2. The Kier molecular flexibility index (Phi) is 6.51. The summed E-state index contributed by atoms with van der Waals surface area (Å²) < 4.78 is 30.4. The standard InChI is InChI=1S/C24H41O4P/c1-8-23(6)15-12-19-18(17-23)20(28-29(25,26-9-2)27-10-3)16-21-22(4,5)13-11-14-24(19,21)7/h8,16,18-19,21H,1,9-15,17H2,2-7H3/t18-,19-,21?,23+,24+/m0/s1. The minimum absolute atomic E-state index is 0.0816. The second-order valence-corrected chi connectivity index (χ2v) is 12.2. The molecule has 0 aromatic rings. The Bertz CT molecular complexity index is 689. The first-order chi connectivity index (χ1) is 13.5. The van der Waals surface area contributed by atoms with E-state index in [-0.39, 0.29) is 22.2 Å². The molecule has 5 atom stereocenters. The molecule has 166 valence electrons. The Hall–Kier alpha value is -0.570. The van der Waals surface area contributed by atoms with Crippen molar-refractivity contribution in [2.45, 2.75) is 80.1 Å². The number of fused-ring (bicyclic) bond motifs is 3. The van der Waals surface area contributed by atoms with Gasteiger partial charge in [0.25, 0.3) is 0 Å². The van der Waals surface area contributed by atoms with Gasteiger partial charge >= 0.3 is 7.82 Å². The van der Waals surface area contributed by atoms with E-state index in [0.29, 0.717) is 25.0 Å². The largest absolute Gasteiger partial charge is 0.529 e. The number of phosphoric ester groups is 1. The fourth-order valence-corrected chi connectivity index (χ4v) is 7.86. The molecule has 0 aliphatic heterocycles. The smallest absolute Gasteiger partial charge is 0.409 e. The maximum Gasteiger partial charge on any atom is 0.529 e. The van der Waals surface area contributed by atoms with Crippen LogP contribution in [0.5, 0.6) is 0 Å². The highest BCUT2D eigenvalue weighted by molar-refractivity contribution is 7.48. The van der Waals surface area contributed by atoms with E-state index in [1.807, 2.05) is 13.8 Å². The zero-order valence-corrected chi connectivity index (χ0v) is 20.2. The van der Waals surface area contributed by atoms with Crippen LogP contribution in [0.25, 0.3) is 0 Å². The third-order valence-corrected chi connectivity index (χ3v) is 9.70. The number of allylic oxidation sites excluding steroid dienone is 3. The molecule has 0 aromatic carbocycles. The average molecular weight is 425 g/mol. The molecule has 3 aliphatic rings. The van der Waals surface area contributed by atoms with Gasteiger partial charge in [0.1, 0.15) is 5.76 Å². The van der Waals surface area contributed by atoms with Gasteiger partial charge < -0.3 is 4.52 Å². The predicted octanol–water partition coefficient (Wildman–Crippen LogP) is 7.52. The molecule has 0 spiro atoms. The van der Waals surface area contributed by atoms with Gasteiger partial charge in [-0.15, -0.1) is 6.58 Å². The van der Waals surface area contributed by atoms with E-state index >= 15 is 0 Å². The molecule has 0 radical (unpaired) electrons. The van der Waals surface area contributed by atoms with Crippen molar-refractivity contribution in [2.75, 3.05) is 13.2 Å². The summed E-state index contributed by atoms with van der Waals surface area (Å²) in [4.78, 5) is 0. The molecule has 0 heterocycles. The summed E-state index contributed by atoms with van der Waals surface area (Å²) in [5.41, 5.74) is 0.536. The van der Waals surface area contributed by atoms with Crippen LogP contribution in [-0.4, -0.2) is 13.2 Å². The molecule has 3 rings (SSSR count). The molecule has 2 fully saturated rings. The number of hydrogen-bond donors (Lipinski definition) is 0. The highest BCUT2D eigenvalue weighted by Gasteiger charge is 2.57. The third kappa shape index (κ3) is 4.27. The summed E-state index contributed by atoms with van der Waals surface area (Å²) in [6.45, 7) is 17.9. The minimum atomic E-state index is -3.61. The Labute approximate surface area is 178 Å². The van der Waals surface area contributed by atoms with Crippen LogP contribution in [0.3, 0.4) is 0 Å². The van der Waals surface area contributed by atoms with Crippen molar-refractivity contribution in [1.29, 1.82) is 0 Å². The normalized spacial score (nSPS) is 39.1. The first-order valence-corrected chi connectivity index (χ1v) is 12.9. The Morgan fingerprint density at radius 3 is 2.38 bits per heavy atom. The topological polar surface area (TPSA) is 44.8 Å². The minimum Gasteiger partial charge on any atom is -0.409 e. The first kappa shape index (κ1) is 23.1. The van der Waals surface area contributed by atoms with Crippen LogP contribution < -0.4 is 0 Å². The molecular formula is C24H41O4P. The highest BCUT2D eigenvalue weighted by Crippen LogP contribution is 2.66. The predicted molar refractivity (Wildman–Crippen MR) is 118 cm³/mol. The van der Waals surface area contributed by atoms with Crippen molar-refractivity contribution < 1.29 is 18.1 Å². The van der Waals surface area contributed by atoms with Gasteiger partial charge in [0.2, 0.25) is 0 Å². The molecule has 5 heteroatoms. The molecule has 29 heavy (non-hydrogen) atoms. The number of hydrogen-bond acceptors (Lipinski definition) is 4. The average Bonchev–Trinajstić information content (AvgIpc) is 2.63. The summed E-state index contributed by atoms with van der Waals surface area (Å²) in [5.74, 6) is 2.00. The van der Waals surface area contributed by atoms with E-state index in [2.05, 4.69) is 46.4 Å². The van der Waals surface area contributed by atoms with Crippen molar-refractivity contribution >= 4 is 7.82 Å². The Morgan fingerprint density at radius 1 is 1.14 bits per heavy atom. The fourth-order valence-electron chi connectivity index (χ4n) is 6.59. The van der Waals surface area contributed by atoms with Crippen molar-refractivity contribution in [2.24, 2.45) is 34.0 Å². The van der Waals surface area contributed by atoms with Crippen LogP contribution in [0.2, 0.25) is 0 Å². The van der Waals surface area contributed by atoms with E-state index in [9.17, 15) is 4.57 Å². The number of rotatable bonds is 7. The molecule has 0 saturated heterocycles. The van der Waals surface area contributed by atoms with E-state index in [4.69, 9.17) is 13.6 Å². The monoisotopic (exact) mass is 424 g/mol. The molecule has 0 N–H and O–H groups in total. The van der Waals surface area contributed by atoms with Gasteiger partial charge in [-0.1, -0.05) is 40.2 Å². The lowest BCUT2D eigenvalue weighted by Crippen LogP contribution is -2.53. The molecule has 0 bridgehead atoms. The summed E-state index contributed by atoms with van der Waals surface area (Å²) in [6, 6.07) is 0. The van der Waals surface area contributed by atoms with E-state index in [0.717, 1.165) is 25.0 Å². The van der Waals surface area contributed by atoms with Gasteiger partial charge in [-0.3, -0.25) is 9.05 Å². The van der Waals surface area contributed by atoms with Crippen molar-refractivity contribution in [3.05, 3.63) is 24.5 Å². The molecule has 4 nitrogen and oxygen atoms in total. The van der Waals surface area contributed by atoms with Gasteiger partial charge in [-0.25, -0.2) is 4.57 Å². The number of phosphoric acid groups is 1. The van der Waals surface area contributed by atoms with Crippen molar-refractivity contribution in [3.8, 4) is 0 Å². The second-order valence-electron chi connectivity index (χ2n) is 10.6. The summed E-state index contributed by atoms with van der Waals surface area (Å²) >= 11 is 0. The quantitative estimate of drug-likeness (QED) is 0.313.